The van der Waals surface area contributed by atoms with Gasteiger partial charge in [-0.2, -0.15) is 0 Å². The second kappa shape index (κ2) is 12.0. The number of ether oxygens (including phenoxy) is 3. The average Bonchev–Trinajstić information content (AvgIpc) is 3.52. The Hall–Kier alpha value is -4.66. The van der Waals surface area contributed by atoms with E-state index in [1.165, 1.54) is 11.8 Å². The highest BCUT2D eigenvalue weighted by Crippen LogP contribution is 2.44. The van der Waals surface area contributed by atoms with Crippen LogP contribution in [-0.2, 0) is 23.8 Å². The Morgan fingerprint density at radius 1 is 0.825 bits per heavy atom. The third-order valence-corrected chi connectivity index (χ3v) is 7.24. The summed E-state index contributed by atoms with van der Waals surface area (Å²) in [7, 11) is 0. The first-order valence-electron chi connectivity index (χ1n) is 13.2. The molecule has 1 aliphatic heterocycles. The lowest BCUT2D eigenvalue weighted by Crippen LogP contribution is -2.48. The van der Waals surface area contributed by atoms with Crippen LogP contribution >= 0.6 is 0 Å². The summed E-state index contributed by atoms with van der Waals surface area (Å²) in [5.74, 6) is -1.53. The summed E-state index contributed by atoms with van der Waals surface area (Å²) in [6.45, 7) is 1.24. The van der Waals surface area contributed by atoms with Gasteiger partial charge in [0.15, 0.2) is 0 Å². The van der Waals surface area contributed by atoms with Crippen LogP contribution in [-0.4, -0.2) is 67.3 Å². The van der Waals surface area contributed by atoms with Gasteiger partial charge in [0.1, 0.15) is 31.9 Å². The molecule has 1 aliphatic carbocycles. The first kappa shape index (κ1) is 26.9. The molecule has 1 heterocycles. The molecule has 0 saturated carbocycles. The van der Waals surface area contributed by atoms with Crippen LogP contribution in [0.25, 0.3) is 11.1 Å². The molecule has 5 rings (SSSR count). The SMILES string of the molecule is CC(=O)O[C@@H]1CCN(C(=O)CNC(=O)OCC2c3ccccc3-c3ccccc32)[C@H]1COC(=O)c1ccccc1. The van der Waals surface area contributed by atoms with Crippen LogP contribution in [0, 0.1) is 0 Å². The fraction of sp³-hybridized carbons (Fsp3) is 0.290. The lowest BCUT2D eigenvalue weighted by Gasteiger charge is -2.27. The van der Waals surface area contributed by atoms with E-state index in [0.29, 0.717) is 12.0 Å². The summed E-state index contributed by atoms with van der Waals surface area (Å²) in [6.07, 6.45) is -0.943. The molecule has 3 aromatic rings. The Balaban J connectivity index is 1.17. The number of carbonyl (C=O) groups excluding carboxylic acids is 4. The number of likely N-dealkylation sites (tertiary alicyclic amines) is 1. The van der Waals surface area contributed by atoms with Gasteiger partial charge in [-0.1, -0.05) is 66.7 Å². The molecular formula is C31H30N2O7. The predicted molar refractivity (Wildman–Crippen MR) is 145 cm³/mol. The summed E-state index contributed by atoms with van der Waals surface area (Å²) in [4.78, 5) is 51.2. The minimum Gasteiger partial charge on any atom is -0.460 e. The number of hydrogen-bond acceptors (Lipinski definition) is 7. The van der Waals surface area contributed by atoms with Gasteiger partial charge >= 0.3 is 18.0 Å². The zero-order valence-corrected chi connectivity index (χ0v) is 22.1. The van der Waals surface area contributed by atoms with E-state index in [1.807, 2.05) is 36.4 Å². The van der Waals surface area contributed by atoms with Crippen LogP contribution in [0.2, 0.25) is 0 Å². The second-order valence-electron chi connectivity index (χ2n) is 9.73. The molecule has 0 spiro atoms. The van der Waals surface area contributed by atoms with E-state index < -0.39 is 36.1 Å². The van der Waals surface area contributed by atoms with E-state index in [1.54, 1.807) is 30.3 Å². The number of fused-ring (bicyclic) bond motifs is 3. The highest BCUT2D eigenvalue weighted by Gasteiger charge is 2.40. The Kier molecular flexibility index (Phi) is 8.10. The highest BCUT2D eigenvalue weighted by atomic mass is 16.6. The third kappa shape index (κ3) is 5.83. The Bertz CT molecular complexity index is 1360. The maximum absolute atomic E-state index is 13.1. The van der Waals surface area contributed by atoms with Gasteiger partial charge in [-0.05, 0) is 34.4 Å². The molecule has 9 heteroatoms. The molecule has 206 valence electrons. The summed E-state index contributed by atoms with van der Waals surface area (Å²) >= 11 is 0. The minimum atomic E-state index is -0.710. The van der Waals surface area contributed by atoms with Crippen molar-refractivity contribution in [1.29, 1.82) is 0 Å². The monoisotopic (exact) mass is 542 g/mol. The van der Waals surface area contributed by atoms with Crippen molar-refractivity contribution in [3.05, 3.63) is 95.6 Å². The van der Waals surface area contributed by atoms with Crippen LogP contribution in [0.5, 0.6) is 0 Å². The normalized spacial score (nSPS) is 17.5. The van der Waals surface area contributed by atoms with Crippen molar-refractivity contribution in [3.8, 4) is 11.1 Å². The predicted octanol–water partition coefficient (Wildman–Crippen LogP) is 3.91. The average molecular weight is 543 g/mol. The molecule has 0 unspecified atom stereocenters. The van der Waals surface area contributed by atoms with Crippen molar-refractivity contribution in [3.63, 3.8) is 0 Å². The molecule has 0 aromatic heterocycles. The number of benzene rings is 3. The molecule has 0 bridgehead atoms. The topological polar surface area (TPSA) is 111 Å². The fourth-order valence-corrected chi connectivity index (χ4v) is 5.40. The Labute approximate surface area is 232 Å². The molecule has 2 aliphatic rings. The number of hydrogen-bond donors (Lipinski definition) is 1. The van der Waals surface area contributed by atoms with E-state index in [2.05, 4.69) is 17.4 Å². The van der Waals surface area contributed by atoms with Gasteiger partial charge in [-0.3, -0.25) is 9.59 Å². The van der Waals surface area contributed by atoms with Gasteiger partial charge in [0.2, 0.25) is 5.91 Å². The zero-order chi connectivity index (χ0) is 28.1. The van der Waals surface area contributed by atoms with E-state index in [-0.39, 0.29) is 32.2 Å². The summed E-state index contributed by atoms with van der Waals surface area (Å²) in [6, 6.07) is 23.9. The maximum Gasteiger partial charge on any atom is 0.407 e. The molecule has 40 heavy (non-hydrogen) atoms. The smallest absolute Gasteiger partial charge is 0.407 e. The molecule has 1 saturated heterocycles. The largest absolute Gasteiger partial charge is 0.460 e. The van der Waals surface area contributed by atoms with Crippen LogP contribution < -0.4 is 5.32 Å². The zero-order valence-electron chi connectivity index (χ0n) is 22.1. The molecule has 2 atom stereocenters. The number of amides is 2. The van der Waals surface area contributed by atoms with E-state index in [9.17, 15) is 19.2 Å². The summed E-state index contributed by atoms with van der Waals surface area (Å²) < 4.78 is 16.4. The highest BCUT2D eigenvalue weighted by molar-refractivity contribution is 5.89. The van der Waals surface area contributed by atoms with Gasteiger partial charge in [-0.25, -0.2) is 9.59 Å². The standard InChI is InChI=1S/C31H30N2O7/c1-20(34)40-28-15-16-33(27(28)19-38-30(36)21-9-3-2-4-10-21)29(35)17-32-31(37)39-18-26-24-13-7-5-11-22(24)23-12-6-8-14-25(23)26/h2-14,26-28H,15-19H2,1H3,(H,32,37)/t27-,28+/m0/s1. The third-order valence-electron chi connectivity index (χ3n) is 7.24. The van der Waals surface area contributed by atoms with Crippen molar-refractivity contribution in [2.45, 2.75) is 31.4 Å². The molecule has 1 N–H and O–H groups in total. The molecular weight excluding hydrogens is 512 g/mol. The summed E-state index contributed by atoms with van der Waals surface area (Å²) in [5.41, 5.74) is 4.80. The summed E-state index contributed by atoms with van der Waals surface area (Å²) in [5, 5.41) is 2.53. The lowest BCUT2D eigenvalue weighted by atomic mass is 9.98. The molecule has 2 amide bonds. The fourth-order valence-electron chi connectivity index (χ4n) is 5.40. The van der Waals surface area contributed by atoms with Crippen LogP contribution in [0.15, 0.2) is 78.9 Å². The molecule has 1 fully saturated rings. The number of nitrogens with one attached hydrogen (secondary N) is 1. The molecule has 0 radical (unpaired) electrons. The Morgan fingerprint density at radius 2 is 1.45 bits per heavy atom. The van der Waals surface area contributed by atoms with Crippen molar-refractivity contribution in [1.82, 2.24) is 10.2 Å². The van der Waals surface area contributed by atoms with E-state index >= 15 is 0 Å². The van der Waals surface area contributed by atoms with Gasteiger partial charge in [0.25, 0.3) is 0 Å². The minimum absolute atomic E-state index is 0.0967. The number of carbonyl (C=O) groups is 4. The van der Waals surface area contributed by atoms with Crippen LogP contribution in [0.4, 0.5) is 4.79 Å². The van der Waals surface area contributed by atoms with E-state index in [0.717, 1.165) is 22.3 Å². The van der Waals surface area contributed by atoms with Crippen LogP contribution in [0.1, 0.15) is 40.7 Å². The second-order valence-corrected chi connectivity index (χ2v) is 9.73. The van der Waals surface area contributed by atoms with Crippen LogP contribution in [0.3, 0.4) is 0 Å². The molecule has 3 aromatic carbocycles. The Morgan fingerprint density at radius 3 is 2.10 bits per heavy atom. The number of nitrogens with zero attached hydrogens (tertiary/aromatic N) is 1. The van der Waals surface area contributed by atoms with Crippen molar-refractivity contribution in [2.75, 3.05) is 26.3 Å². The van der Waals surface area contributed by atoms with Crippen molar-refractivity contribution in [2.24, 2.45) is 0 Å². The van der Waals surface area contributed by atoms with Gasteiger partial charge in [-0.15, -0.1) is 0 Å². The van der Waals surface area contributed by atoms with Gasteiger partial charge in [0.05, 0.1) is 5.56 Å². The van der Waals surface area contributed by atoms with Gasteiger partial charge < -0.3 is 24.4 Å². The lowest BCUT2D eigenvalue weighted by molar-refractivity contribution is -0.150. The quantitative estimate of drug-likeness (QED) is 0.339. The number of esters is 2. The van der Waals surface area contributed by atoms with Gasteiger partial charge in [0, 0.05) is 25.8 Å². The van der Waals surface area contributed by atoms with Crippen molar-refractivity contribution >= 4 is 23.9 Å². The maximum atomic E-state index is 13.1. The van der Waals surface area contributed by atoms with E-state index in [4.69, 9.17) is 14.2 Å². The van der Waals surface area contributed by atoms with Crippen molar-refractivity contribution < 1.29 is 33.4 Å². The number of alkyl carbamates (subject to hydrolysis) is 1. The first-order chi connectivity index (χ1) is 19.4. The molecule has 9 nitrogen and oxygen atoms in total. The number of rotatable bonds is 8. The first-order valence-corrected chi connectivity index (χ1v) is 13.2.